The van der Waals surface area contributed by atoms with E-state index in [-0.39, 0.29) is 12.1 Å². The summed E-state index contributed by atoms with van der Waals surface area (Å²) in [4.78, 5) is 31.3. The third-order valence-electron chi connectivity index (χ3n) is 6.25. The molecule has 12 heteroatoms. The number of hydrogen-bond donors (Lipinski definition) is 2. The number of urea groups is 1. The molecule has 0 saturated carbocycles. The molecule has 1 aliphatic rings. The van der Waals surface area contributed by atoms with Crippen LogP contribution in [0, 0.1) is 5.82 Å². The standard InChI is InChI=1S/C26H23ClFN7O3/c1-34-22(23(25(36)38-2)24(31-26(34)37)15-3-6-17(28)7-4-15)14-35-13-18(32-33-35)12-30-20-9-10-29-21-11-16(27)5-8-19(20)21/h3-11,13,24H,12,14H2,1-2H3,(H,29,30)(H,31,37). The van der Waals surface area contributed by atoms with Gasteiger partial charge in [-0.2, -0.15) is 0 Å². The fourth-order valence-electron chi connectivity index (χ4n) is 4.32. The molecule has 4 aromatic rings. The zero-order valence-corrected chi connectivity index (χ0v) is 21.2. The van der Waals surface area contributed by atoms with E-state index in [1.165, 1.54) is 41.0 Å². The summed E-state index contributed by atoms with van der Waals surface area (Å²) in [5.74, 6) is -1.04. The summed E-state index contributed by atoms with van der Waals surface area (Å²) >= 11 is 6.08. The minimum Gasteiger partial charge on any atom is -0.466 e. The van der Waals surface area contributed by atoms with E-state index < -0.39 is 23.9 Å². The van der Waals surface area contributed by atoms with Crippen molar-refractivity contribution in [3.05, 3.63) is 94.3 Å². The third kappa shape index (κ3) is 5.00. The molecular weight excluding hydrogens is 513 g/mol. The maximum absolute atomic E-state index is 13.5. The first kappa shape index (κ1) is 25.2. The van der Waals surface area contributed by atoms with Gasteiger partial charge in [-0.1, -0.05) is 28.9 Å². The summed E-state index contributed by atoms with van der Waals surface area (Å²) in [6, 6.07) is 11.7. The van der Waals surface area contributed by atoms with E-state index in [2.05, 4.69) is 25.9 Å². The number of anilines is 1. The number of hydrogen-bond acceptors (Lipinski definition) is 7. The van der Waals surface area contributed by atoms with Crippen LogP contribution in [0.3, 0.4) is 0 Å². The van der Waals surface area contributed by atoms with E-state index in [4.69, 9.17) is 16.3 Å². The number of methoxy groups -OCH3 is 1. The van der Waals surface area contributed by atoms with Crippen LogP contribution in [0.25, 0.3) is 10.9 Å². The SMILES string of the molecule is COC(=O)C1=C(Cn2cc(CNc3ccnc4cc(Cl)ccc34)nn2)N(C)C(=O)NC1c1ccc(F)cc1. The molecule has 1 unspecified atom stereocenters. The minimum absolute atomic E-state index is 0.0791. The van der Waals surface area contributed by atoms with Crippen LogP contribution in [0.5, 0.6) is 0 Å². The number of carbonyl (C=O) groups excluding carboxylic acids is 2. The van der Waals surface area contributed by atoms with Crippen LogP contribution >= 0.6 is 11.6 Å². The first-order valence-electron chi connectivity index (χ1n) is 11.6. The molecule has 0 saturated heterocycles. The van der Waals surface area contributed by atoms with Crippen LogP contribution in [-0.4, -0.2) is 51.0 Å². The van der Waals surface area contributed by atoms with Crippen LogP contribution in [0.15, 0.2) is 72.2 Å². The zero-order chi connectivity index (χ0) is 26.8. The van der Waals surface area contributed by atoms with Crippen molar-refractivity contribution in [1.29, 1.82) is 0 Å². The van der Waals surface area contributed by atoms with Gasteiger partial charge < -0.3 is 15.4 Å². The van der Waals surface area contributed by atoms with Gasteiger partial charge in [-0.15, -0.1) is 5.10 Å². The number of fused-ring (bicyclic) bond motifs is 1. The average molecular weight is 536 g/mol. The number of allylic oxidation sites excluding steroid dienone is 1. The van der Waals surface area contributed by atoms with Crippen LogP contribution < -0.4 is 10.6 Å². The molecule has 0 fully saturated rings. The lowest BCUT2D eigenvalue weighted by atomic mass is 9.94. The number of esters is 1. The number of nitrogens with one attached hydrogen (secondary N) is 2. The number of likely N-dealkylation sites (N-methyl/N-ethyl adjacent to an activating group) is 1. The Morgan fingerprint density at radius 1 is 1.21 bits per heavy atom. The van der Waals surface area contributed by atoms with E-state index in [1.807, 2.05) is 12.1 Å². The van der Waals surface area contributed by atoms with E-state index in [9.17, 15) is 14.0 Å². The Bertz CT molecular complexity index is 1550. The molecular formula is C26H23ClFN7O3. The van der Waals surface area contributed by atoms with E-state index in [0.29, 0.717) is 28.5 Å². The molecule has 2 aromatic carbocycles. The topological polar surface area (TPSA) is 114 Å². The van der Waals surface area contributed by atoms with Crippen molar-refractivity contribution in [1.82, 2.24) is 30.2 Å². The highest BCUT2D eigenvalue weighted by Gasteiger charge is 2.36. The molecule has 38 heavy (non-hydrogen) atoms. The van der Waals surface area contributed by atoms with Crippen LogP contribution in [0.2, 0.25) is 5.02 Å². The zero-order valence-electron chi connectivity index (χ0n) is 20.5. The number of ether oxygens (including phenoxy) is 1. The Kier molecular flexibility index (Phi) is 6.93. The molecule has 1 atom stereocenters. The Balaban J connectivity index is 1.41. The second kappa shape index (κ2) is 10.5. The van der Waals surface area contributed by atoms with Crippen molar-refractivity contribution >= 4 is 40.2 Å². The Morgan fingerprint density at radius 2 is 2.00 bits per heavy atom. The molecule has 194 valence electrons. The number of aromatic nitrogens is 4. The second-order valence-electron chi connectivity index (χ2n) is 8.63. The van der Waals surface area contributed by atoms with Gasteiger partial charge in [0.2, 0.25) is 0 Å². The lowest BCUT2D eigenvalue weighted by molar-refractivity contribution is -0.136. The number of carbonyl (C=O) groups is 2. The van der Waals surface area contributed by atoms with Gasteiger partial charge in [0.25, 0.3) is 0 Å². The molecule has 0 bridgehead atoms. The molecule has 1 aliphatic heterocycles. The van der Waals surface area contributed by atoms with E-state index >= 15 is 0 Å². The lowest BCUT2D eigenvalue weighted by Gasteiger charge is -2.34. The third-order valence-corrected chi connectivity index (χ3v) is 6.48. The van der Waals surface area contributed by atoms with Gasteiger partial charge in [0.15, 0.2) is 0 Å². The summed E-state index contributed by atoms with van der Waals surface area (Å²) in [5.41, 5.74) is 3.42. The summed E-state index contributed by atoms with van der Waals surface area (Å²) in [5, 5.41) is 16.1. The normalized spacial score (nSPS) is 15.5. The highest BCUT2D eigenvalue weighted by Crippen LogP contribution is 2.32. The minimum atomic E-state index is -0.820. The molecule has 5 rings (SSSR count). The van der Waals surface area contributed by atoms with E-state index in [0.717, 1.165) is 16.6 Å². The first-order valence-corrected chi connectivity index (χ1v) is 12.0. The number of pyridine rings is 1. The summed E-state index contributed by atoms with van der Waals surface area (Å²) in [6.45, 7) is 0.453. The monoisotopic (exact) mass is 535 g/mol. The number of nitrogens with zero attached hydrogens (tertiary/aromatic N) is 5. The molecule has 2 aromatic heterocycles. The molecule has 2 N–H and O–H groups in total. The van der Waals surface area contributed by atoms with Gasteiger partial charge in [-0.25, -0.2) is 18.7 Å². The quantitative estimate of drug-likeness (QED) is 0.343. The number of amides is 2. The first-order chi connectivity index (χ1) is 18.3. The van der Waals surface area contributed by atoms with Crippen LogP contribution in [0.4, 0.5) is 14.9 Å². The van der Waals surface area contributed by atoms with Crippen molar-refractivity contribution in [3.8, 4) is 0 Å². The Morgan fingerprint density at radius 3 is 2.76 bits per heavy atom. The predicted octanol–water partition coefficient (Wildman–Crippen LogP) is 4.05. The molecule has 0 spiro atoms. The van der Waals surface area contributed by atoms with E-state index in [1.54, 1.807) is 31.6 Å². The van der Waals surface area contributed by atoms with Crippen LogP contribution in [-0.2, 0) is 22.6 Å². The highest BCUT2D eigenvalue weighted by molar-refractivity contribution is 6.31. The summed E-state index contributed by atoms with van der Waals surface area (Å²) < 4.78 is 20.1. The molecule has 0 radical (unpaired) electrons. The van der Waals surface area contributed by atoms with Crippen molar-refractivity contribution in [3.63, 3.8) is 0 Å². The van der Waals surface area contributed by atoms with Gasteiger partial charge in [0.1, 0.15) is 11.5 Å². The smallest absolute Gasteiger partial charge is 0.338 e. The van der Waals surface area contributed by atoms with Gasteiger partial charge in [0, 0.05) is 29.3 Å². The number of benzene rings is 2. The van der Waals surface area contributed by atoms with Gasteiger partial charge >= 0.3 is 12.0 Å². The number of rotatable bonds is 7. The number of halogens is 2. The lowest BCUT2D eigenvalue weighted by Crippen LogP contribution is -2.47. The predicted molar refractivity (Wildman–Crippen MR) is 139 cm³/mol. The average Bonchev–Trinajstić information content (AvgIpc) is 3.37. The highest BCUT2D eigenvalue weighted by atomic mass is 35.5. The summed E-state index contributed by atoms with van der Waals surface area (Å²) in [6.07, 6.45) is 3.42. The molecule has 3 heterocycles. The van der Waals surface area contributed by atoms with Crippen LogP contribution in [0.1, 0.15) is 17.3 Å². The van der Waals surface area contributed by atoms with Gasteiger partial charge in [-0.05, 0) is 42.0 Å². The second-order valence-corrected chi connectivity index (χ2v) is 9.06. The van der Waals surface area contributed by atoms with Gasteiger partial charge in [0.05, 0.1) is 49.2 Å². The molecule has 10 nitrogen and oxygen atoms in total. The molecule has 2 amide bonds. The van der Waals surface area contributed by atoms with Crippen molar-refractivity contribution in [2.75, 3.05) is 19.5 Å². The Hall–Kier alpha value is -4.51. The fraction of sp³-hybridized carbons (Fsp3) is 0.192. The maximum Gasteiger partial charge on any atom is 0.338 e. The summed E-state index contributed by atoms with van der Waals surface area (Å²) in [7, 11) is 2.82. The fourth-order valence-corrected chi connectivity index (χ4v) is 4.48. The van der Waals surface area contributed by atoms with Crippen molar-refractivity contribution in [2.45, 2.75) is 19.1 Å². The molecule has 0 aliphatic carbocycles. The van der Waals surface area contributed by atoms with Crippen molar-refractivity contribution < 1.29 is 18.7 Å². The maximum atomic E-state index is 13.5. The van der Waals surface area contributed by atoms with Gasteiger partial charge in [-0.3, -0.25) is 9.88 Å². The van der Waals surface area contributed by atoms with Crippen molar-refractivity contribution in [2.24, 2.45) is 0 Å². The largest absolute Gasteiger partial charge is 0.466 e. The Labute approximate surface area is 222 Å².